The predicted molar refractivity (Wildman–Crippen MR) is 67.5 cm³/mol. The van der Waals surface area contributed by atoms with Gasteiger partial charge in [-0.2, -0.15) is 0 Å². The number of halogens is 1. The van der Waals surface area contributed by atoms with Crippen molar-refractivity contribution < 1.29 is 4.39 Å². The van der Waals surface area contributed by atoms with E-state index in [1.807, 2.05) is 0 Å². The first kappa shape index (κ1) is 11.4. The Morgan fingerprint density at radius 3 is 3.06 bits per heavy atom. The average molecular weight is 249 g/mol. The maximum atomic E-state index is 13.5. The fraction of sp³-hybridized carbons (Fsp3) is 0.500. The summed E-state index contributed by atoms with van der Waals surface area (Å²) in [7, 11) is 2.11. The molecule has 5 nitrogen and oxygen atoms in total. The standard InChI is InChI=1S/C12H16FN5/c1-17-3-2-8(6-17)7-18-12-4-9(13)10(14)5-11(12)15-16-18/h4-5,8H,2-3,6-7,14H2,1H3. The van der Waals surface area contributed by atoms with Crippen molar-refractivity contribution in [3.63, 3.8) is 0 Å². The van der Waals surface area contributed by atoms with E-state index >= 15 is 0 Å². The van der Waals surface area contributed by atoms with Gasteiger partial charge in [0.15, 0.2) is 0 Å². The van der Waals surface area contributed by atoms with E-state index in [2.05, 4.69) is 22.3 Å². The minimum absolute atomic E-state index is 0.121. The molecule has 0 saturated carbocycles. The molecule has 0 aliphatic carbocycles. The third-order valence-corrected chi connectivity index (χ3v) is 3.55. The summed E-state index contributed by atoms with van der Waals surface area (Å²) >= 11 is 0. The number of nitrogens with two attached hydrogens (primary N) is 1. The van der Waals surface area contributed by atoms with Crippen LogP contribution in [0.15, 0.2) is 12.1 Å². The number of rotatable bonds is 2. The van der Waals surface area contributed by atoms with E-state index in [0.717, 1.165) is 31.6 Å². The lowest BCUT2D eigenvalue weighted by Gasteiger charge is -2.10. The second-order valence-electron chi connectivity index (χ2n) is 5.05. The van der Waals surface area contributed by atoms with Crippen molar-refractivity contribution in [2.24, 2.45) is 5.92 Å². The fourth-order valence-corrected chi connectivity index (χ4v) is 2.56. The van der Waals surface area contributed by atoms with Gasteiger partial charge in [-0.05, 0) is 32.0 Å². The molecule has 2 aromatic rings. The Labute approximate surface area is 104 Å². The molecule has 1 unspecified atom stereocenters. The van der Waals surface area contributed by atoms with Crippen LogP contribution in [0.4, 0.5) is 10.1 Å². The number of anilines is 1. The number of nitrogen functional groups attached to an aromatic ring is 1. The van der Waals surface area contributed by atoms with Crippen LogP contribution in [0.5, 0.6) is 0 Å². The van der Waals surface area contributed by atoms with E-state index in [-0.39, 0.29) is 5.69 Å². The Hall–Kier alpha value is -1.69. The van der Waals surface area contributed by atoms with E-state index in [4.69, 9.17) is 5.73 Å². The van der Waals surface area contributed by atoms with Gasteiger partial charge in [0.05, 0.1) is 11.2 Å². The van der Waals surface area contributed by atoms with Crippen LogP contribution < -0.4 is 5.73 Å². The average Bonchev–Trinajstić information content (AvgIpc) is 2.89. The highest BCUT2D eigenvalue weighted by Crippen LogP contribution is 2.22. The van der Waals surface area contributed by atoms with Crippen molar-refractivity contribution in [2.45, 2.75) is 13.0 Å². The van der Waals surface area contributed by atoms with Gasteiger partial charge in [-0.3, -0.25) is 0 Å². The van der Waals surface area contributed by atoms with E-state index in [0.29, 0.717) is 11.4 Å². The fourth-order valence-electron chi connectivity index (χ4n) is 2.56. The van der Waals surface area contributed by atoms with Crippen LogP contribution in [0, 0.1) is 11.7 Å². The van der Waals surface area contributed by atoms with Crippen LogP contribution in [0.3, 0.4) is 0 Å². The molecule has 1 saturated heterocycles. The van der Waals surface area contributed by atoms with Gasteiger partial charge in [0.25, 0.3) is 0 Å². The Kier molecular flexibility index (Phi) is 2.66. The summed E-state index contributed by atoms with van der Waals surface area (Å²) in [5.41, 5.74) is 7.01. The van der Waals surface area contributed by atoms with Crippen molar-refractivity contribution in [2.75, 3.05) is 25.9 Å². The van der Waals surface area contributed by atoms with Gasteiger partial charge in [-0.15, -0.1) is 5.10 Å². The molecule has 1 fully saturated rings. The molecule has 1 aromatic carbocycles. The molecule has 1 aliphatic heterocycles. The lowest BCUT2D eigenvalue weighted by molar-refractivity contribution is 0.370. The molecule has 2 heterocycles. The molecule has 2 N–H and O–H groups in total. The summed E-state index contributed by atoms with van der Waals surface area (Å²) in [6.07, 6.45) is 1.15. The molecule has 0 amide bonds. The zero-order chi connectivity index (χ0) is 12.7. The SMILES string of the molecule is CN1CCC(Cn2nnc3cc(N)c(F)cc32)C1. The number of aromatic nitrogens is 3. The van der Waals surface area contributed by atoms with Gasteiger partial charge >= 0.3 is 0 Å². The monoisotopic (exact) mass is 249 g/mol. The zero-order valence-electron chi connectivity index (χ0n) is 10.3. The van der Waals surface area contributed by atoms with Crippen molar-refractivity contribution in [1.82, 2.24) is 19.9 Å². The third kappa shape index (κ3) is 1.92. The maximum Gasteiger partial charge on any atom is 0.148 e. The first-order valence-corrected chi connectivity index (χ1v) is 6.10. The molecule has 1 aromatic heterocycles. The van der Waals surface area contributed by atoms with Gasteiger partial charge in [-0.1, -0.05) is 5.21 Å². The molecule has 0 spiro atoms. The van der Waals surface area contributed by atoms with E-state index in [9.17, 15) is 4.39 Å². The van der Waals surface area contributed by atoms with Gasteiger partial charge in [0, 0.05) is 19.2 Å². The van der Waals surface area contributed by atoms with E-state index in [1.54, 1.807) is 4.68 Å². The first-order chi connectivity index (χ1) is 8.63. The molecular formula is C12H16FN5. The van der Waals surface area contributed by atoms with Crippen LogP contribution in [0.25, 0.3) is 11.0 Å². The normalized spacial score (nSPS) is 20.9. The van der Waals surface area contributed by atoms with E-state index < -0.39 is 5.82 Å². The van der Waals surface area contributed by atoms with Crippen molar-refractivity contribution in [3.05, 3.63) is 17.9 Å². The van der Waals surface area contributed by atoms with Crippen LogP contribution >= 0.6 is 0 Å². The lowest BCUT2D eigenvalue weighted by Crippen LogP contribution is -2.17. The molecule has 96 valence electrons. The van der Waals surface area contributed by atoms with Crippen molar-refractivity contribution >= 4 is 16.7 Å². The Bertz CT molecular complexity index is 579. The molecule has 6 heteroatoms. The molecule has 18 heavy (non-hydrogen) atoms. The number of likely N-dealkylation sites (tertiary alicyclic amines) is 1. The number of hydrogen-bond donors (Lipinski definition) is 1. The second-order valence-corrected chi connectivity index (χ2v) is 5.05. The highest BCUT2D eigenvalue weighted by molar-refractivity contribution is 5.78. The molecule has 1 aliphatic rings. The maximum absolute atomic E-state index is 13.5. The summed E-state index contributed by atoms with van der Waals surface area (Å²) < 4.78 is 15.3. The molecule has 0 bridgehead atoms. The summed E-state index contributed by atoms with van der Waals surface area (Å²) in [5, 5.41) is 8.13. The number of fused-ring (bicyclic) bond motifs is 1. The van der Waals surface area contributed by atoms with Crippen LogP contribution in [-0.2, 0) is 6.54 Å². The Morgan fingerprint density at radius 1 is 1.50 bits per heavy atom. The largest absolute Gasteiger partial charge is 0.396 e. The van der Waals surface area contributed by atoms with Crippen LogP contribution in [0.2, 0.25) is 0 Å². The summed E-state index contributed by atoms with van der Waals surface area (Å²) in [6.45, 7) is 2.95. The first-order valence-electron chi connectivity index (χ1n) is 6.10. The Morgan fingerprint density at radius 2 is 2.33 bits per heavy atom. The predicted octanol–water partition coefficient (Wildman–Crippen LogP) is 1.10. The lowest BCUT2D eigenvalue weighted by atomic mass is 10.1. The smallest absolute Gasteiger partial charge is 0.148 e. The molecule has 0 radical (unpaired) electrons. The minimum Gasteiger partial charge on any atom is -0.396 e. The van der Waals surface area contributed by atoms with Crippen molar-refractivity contribution in [3.8, 4) is 0 Å². The van der Waals surface area contributed by atoms with Gasteiger partial charge in [0.1, 0.15) is 11.3 Å². The highest BCUT2D eigenvalue weighted by Gasteiger charge is 2.21. The van der Waals surface area contributed by atoms with Crippen LogP contribution in [-0.4, -0.2) is 40.0 Å². The second kappa shape index (κ2) is 4.20. The summed E-state index contributed by atoms with van der Waals surface area (Å²) in [6, 6.07) is 2.96. The van der Waals surface area contributed by atoms with Crippen LogP contribution in [0.1, 0.15) is 6.42 Å². The Balaban J connectivity index is 1.90. The molecule has 3 rings (SSSR count). The minimum atomic E-state index is -0.408. The van der Waals surface area contributed by atoms with Gasteiger partial charge in [0.2, 0.25) is 0 Å². The number of benzene rings is 1. The number of hydrogen-bond acceptors (Lipinski definition) is 4. The van der Waals surface area contributed by atoms with E-state index in [1.165, 1.54) is 12.1 Å². The molecular weight excluding hydrogens is 233 g/mol. The molecule has 1 atom stereocenters. The summed E-state index contributed by atoms with van der Waals surface area (Å²) in [4.78, 5) is 2.29. The third-order valence-electron chi connectivity index (χ3n) is 3.55. The van der Waals surface area contributed by atoms with Gasteiger partial charge in [-0.25, -0.2) is 9.07 Å². The zero-order valence-corrected chi connectivity index (χ0v) is 10.3. The summed E-state index contributed by atoms with van der Waals surface area (Å²) in [5.74, 6) is 0.148. The van der Waals surface area contributed by atoms with Crippen molar-refractivity contribution in [1.29, 1.82) is 0 Å². The van der Waals surface area contributed by atoms with Gasteiger partial charge < -0.3 is 10.6 Å². The topological polar surface area (TPSA) is 60.0 Å². The quantitative estimate of drug-likeness (QED) is 0.810. The highest BCUT2D eigenvalue weighted by atomic mass is 19.1. The number of nitrogens with zero attached hydrogens (tertiary/aromatic N) is 4.